The lowest BCUT2D eigenvalue weighted by Gasteiger charge is -2.13. The summed E-state index contributed by atoms with van der Waals surface area (Å²) in [6.45, 7) is 2.19. The molecule has 2 heteroatoms. The quantitative estimate of drug-likeness (QED) is 0.354. The number of allylic oxidation sites excluding steroid dienone is 7. The van der Waals surface area contributed by atoms with Crippen LogP contribution in [0.3, 0.4) is 0 Å². The number of benzene rings is 2. The summed E-state index contributed by atoms with van der Waals surface area (Å²) < 4.78 is 0. The highest BCUT2D eigenvalue weighted by atomic mass is 32.1. The molecule has 0 spiro atoms. The predicted molar refractivity (Wildman–Crippen MR) is 117 cm³/mol. The van der Waals surface area contributed by atoms with E-state index in [0.29, 0.717) is 5.92 Å². The van der Waals surface area contributed by atoms with E-state index < -0.39 is 0 Å². The Balaban J connectivity index is 1.70. The highest BCUT2D eigenvalue weighted by molar-refractivity contribution is 7.80. The summed E-state index contributed by atoms with van der Waals surface area (Å²) in [4.78, 5) is 0. The van der Waals surface area contributed by atoms with Gasteiger partial charge >= 0.3 is 0 Å². The molecule has 0 aromatic heterocycles. The second-order valence-corrected chi connectivity index (χ2v) is 7.20. The average molecular weight is 360 g/mol. The maximum Gasteiger partial charge on any atom is 0.0450 e. The van der Waals surface area contributed by atoms with Crippen molar-refractivity contribution in [3.05, 3.63) is 102 Å². The predicted octanol–water partition coefficient (Wildman–Crippen LogP) is 6.54. The SMILES string of the molecule is C/C(=C\C=C/C(S)c1cccc(-c2ccc(N)cc2)c1)[C@H]1C=CC=CC1. The topological polar surface area (TPSA) is 26.0 Å². The lowest BCUT2D eigenvalue weighted by molar-refractivity contribution is 0.767. The fourth-order valence-corrected chi connectivity index (χ4v) is 3.30. The van der Waals surface area contributed by atoms with Crippen LogP contribution in [-0.2, 0) is 0 Å². The summed E-state index contributed by atoms with van der Waals surface area (Å²) in [6.07, 6.45) is 16.2. The molecule has 1 nitrogen and oxygen atoms in total. The van der Waals surface area contributed by atoms with E-state index in [1.807, 2.05) is 12.1 Å². The fourth-order valence-electron chi connectivity index (χ4n) is 3.04. The van der Waals surface area contributed by atoms with E-state index in [0.717, 1.165) is 12.1 Å². The molecule has 2 N–H and O–H groups in total. The van der Waals surface area contributed by atoms with Crippen LogP contribution in [0.15, 0.2) is 96.6 Å². The minimum absolute atomic E-state index is 0.0644. The van der Waals surface area contributed by atoms with Gasteiger partial charge in [-0.3, -0.25) is 0 Å². The molecule has 1 aliphatic carbocycles. The first-order valence-corrected chi connectivity index (χ1v) is 9.47. The normalized spacial score (nSPS) is 18.4. The molecule has 1 unspecified atom stereocenters. The standard InChI is InChI=1S/C24H25NS/c1-18(19-8-3-2-4-9-19)7-5-12-24(26)22-11-6-10-21(17-22)20-13-15-23(25)16-14-20/h2-8,10-17,19,24,26H,9,25H2,1H3/b12-5-,18-7+/t19-,24?/m0/s1. The monoisotopic (exact) mass is 359 g/mol. The van der Waals surface area contributed by atoms with E-state index in [9.17, 15) is 0 Å². The van der Waals surface area contributed by atoms with Crippen LogP contribution in [0.2, 0.25) is 0 Å². The van der Waals surface area contributed by atoms with Gasteiger partial charge in [0.2, 0.25) is 0 Å². The Bertz CT molecular complexity index is 856. The Morgan fingerprint density at radius 1 is 1.12 bits per heavy atom. The molecule has 0 bridgehead atoms. The summed E-state index contributed by atoms with van der Waals surface area (Å²) in [7, 11) is 0. The third-order valence-corrected chi connectivity index (χ3v) is 5.16. The van der Waals surface area contributed by atoms with Crippen molar-refractivity contribution in [1.82, 2.24) is 0 Å². The Labute approximate surface area is 162 Å². The van der Waals surface area contributed by atoms with Crippen molar-refractivity contribution in [2.24, 2.45) is 5.92 Å². The maximum absolute atomic E-state index is 5.78. The van der Waals surface area contributed by atoms with Gasteiger partial charge in [0.15, 0.2) is 0 Å². The number of hydrogen-bond acceptors (Lipinski definition) is 2. The molecule has 0 amide bonds. The van der Waals surface area contributed by atoms with E-state index in [4.69, 9.17) is 18.4 Å². The molecule has 0 aliphatic heterocycles. The van der Waals surface area contributed by atoms with Crippen LogP contribution in [0.1, 0.15) is 24.2 Å². The van der Waals surface area contributed by atoms with E-state index in [1.54, 1.807) is 0 Å². The second kappa shape index (κ2) is 8.77. The number of thiol groups is 1. The van der Waals surface area contributed by atoms with Crippen molar-refractivity contribution in [1.29, 1.82) is 0 Å². The molecule has 2 aromatic rings. The number of hydrogen-bond donors (Lipinski definition) is 2. The first kappa shape index (κ1) is 18.3. The summed E-state index contributed by atoms with van der Waals surface area (Å²) in [5.74, 6) is 0.511. The van der Waals surface area contributed by atoms with Gasteiger partial charge in [-0.05, 0) is 48.2 Å². The van der Waals surface area contributed by atoms with E-state index in [2.05, 4.69) is 85.9 Å². The Morgan fingerprint density at radius 2 is 1.92 bits per heavy atom. The van der Waals surface area contributed by atoms with Crippen molar-refractivity contribution >= 4 is 18.3 Å². The largest absolute Gasteiger partial charge is 0.399 e. The van der Waals surface area contributed by atoms with Gasteiger partial charge in [0.1, 0.15) is 0 Å². The smallest absolute Gasteiger partial charge is 0.0450 e. The zero-order chi connectivity index (χ0) is 18.4. The molecule has 0 radical (unpaired) electrons. The van der Waals surface area contributed by atoms with Gasteiger partial charge in [0.25, 0.3) is 0 Å². The fraction of sp³-hybridized carbons (Fsp3) is 0.167. The van der Waals surface area contributed by atoms with Crippen LogP contribution in [0, 0.1) is 5.92 Å². The van der Waals surface area contributed by atoms with E-state index >= 15 is 0 Å². The van der Waals surface area contributed by atoms with Gasteiger partial charge < -0.3 is 5.73 Å². The summed E-state index contributed by atoms with van der Waals surface area (Å²) in [5, 5.41) is 0.0644. The minimum atomic E-state index is 0.0644. The maximum atomic E-state index is 5.78. The third-order valence-electron chi connectivity index (χ3n) is 4.69. The Morgan fingerprint density at radius 3 is 2.65 bits per heavy atom. The summed E-state index contributed by atoms with van der Waals surface area (Å²) in [6, 6.07) is 16.5. The van der Waals surface area contributed by atoms with E-state index in [-0.39, 0.29) is 5.25 Å². The van der Waals surface area contributed by atoms with Gasteiger partial charge in [-0.1, -0.05) is 78.4 Å². The average Bonchev–Trinajstić information content (AvgIpc) is 2.69. The molecular weight excluding hydrogens is 334 g/mol. The van der Waals surface area contributed by atoms with Crippen LogP contribution in [0.4, 0.5) is 5.69 Å². The first-order valence-electron chi connectivity index (χ1n) is 8.96. The molecule has 0 saturated heterocycles. The molecular formula is C24H25NS. The Kier molecular flexibility index (Phi) is 6.19. The van der Waals surface area contributed by atoms with Gasteiger partial charge in [0.05, 0.1) is 0 Å². The molecule has 0 fully saturated rings. The van der Waals surface area contributed by atoms with Gasteiger partial charge in [-0.25, -0.2) is 0 Å². The number of nitrogen functional groups attached to an aromatic ring is 1. The molecule has 1 aliphatic rings. The van der Waals surface area contributed by atoms with Gasteiger partial charge in [0, 0.05) is 16.9 Å². The zero-order valence-corrected chi connectivity index (χ0v) is 15.9. The number of rotatable bonds is 5. The van der Waals surface area contributed by atoms with Crippen LogP contribution in [-0.4, -0.2) is 0 Å². The van der Waals surface area contributed by atoms with E-state index in [1.165, 1.54) is 22.3 Å². The molecule has 132 valence electrons. The van der Waals surface area contributed by atoms with Crippen LogP contribution in [0.25, 0.3) is 11.1 Å². The minimum Gasteiger partial charge on any atom is -0.399 e. The lowest BCUT2D eigenvalue weighted by Crippen LogP contribution is -1.98. The highest BCUT2D eigenvalue weighted by Crippen LogP contribution is 2.28. The molecule has 26 heavy (non-hydrogen) atoms. The van der Waals surface area contributed by atoms with Crippen LogP contribution >= 0.6 is 12.6 Å². The van der Waals surface area contributed by atoms with Crippen molar-refractivity contribution in [3.63, 3.8) is 0 Å². The molecule has 2 aromatic carbocycles. The van der Waals surface area contributed by atoms with Gasteiger partial charge in [-0.15, -0.1) is 0 Å². The third kappa shape index (κ3) is 4.80. The second-order valence-electron chi connectivity index (χ2n) is 6.64. The van der Waals surface area contributed by atoms with Gasteiger partial charge in [-0.2, -0.15) is 12.6 Å². The molecule has 0 saturated carbocycles. The highest BCUT2D eigenvalue weighted by Gasteiger charge is 2.07. The zero-order valence-electron chi connectivity index (χ0n) is 15.0. The molecule has 2 atom stereocenters. The lowest BCUT2D eigenvalue weighted by atomic mass is 9.93. The van der Waals surface area contributed by atoms with Crippen LogP contribution in [0.5, 0.6) is 0 Å². The molecule has 3 rings (SSSR count). The number of anilines is 1. The van der Waals surface area contributed by atoms with Crippen molar-refractivity contribution in [2.45, 2.75) is 18.6 Å². The Hall–Kier alpha value is -2.45. The number of nitrogens with two attached hydrogens (primary N) is 1. The van der Waals surface area contributed by atoms with Crippen molar-refractivity contribution in [2.75, 3.05) is 5.73 Å². The van der Waals surface area contributed by atoms with Crippen molar-refractivity contribution < 1.29 is 0 Å². The van der Waals surface area contributed by atoms with Crippen LogP contribution < -0.4 is 5.73 Å². The summed E-state index contributed by atoms with van der Waals surface area (Å²) in [5.41, 5.74) is 11.5. The summed E-state index contributed by atoms with van der Waals surface area (Å²) >= 11 is 4.76. The first-order chi connectivity index (χ1) is 12.6. The molecule has 0 heterocycles. The van der Waals surface area contributed by atoms with Crippen molar-refractivity contribution in [3.8, 4) is 11.1 Å².